The summed E-state index contributed by atoms with van der Waals surface area (Å²) >= 11 is 0. The van der Waals surface area contributed by atoms with Crippen LogP contribution >= 0.6 is 0 Å². The Labute approximate surface area is 166 Å². The van der Waals surface area contributed by atoms with Crippen LogP contribution in [0, 0.1) is 5.92 Å². The smallest absolute Gasteiger partial charge is 0.276 e. The summed E-state index contributed by atoms with van der Waals surface area (Å²) in [5.74, 6) is 1.29. The van der Waals surface area contributed by atoms with Gasteiger partial charge in [0.05, 0.1) is 12.6 Å². The van der Waals surface area contributed by atoms with Crippen molar-refractivity contribution in [3.05, 3.63) is 53.4 Å². The van der Waals surface area contributed by atoms with E-state index >= 15 is 0 Å². The molecule has 28 heavy (non-hydrogen) atoms. The molecule has 1 aromatic heterocycles. The summed E-state index contributed by atoms with van der Waals surface area (Å²) in [4.78, 5) is 16.8. The molecule has 4 rings (SSSR count). The van der Waals surface area contributed by atoms with Crippen LogP contribution in [0.1, 0.15) is 47.5 Å². The molecule has 6 nitrogen and oxygen atoms in total. The molecule has 2 aromatic rings. The molecule has 1 aromatic carbocycles. The van der Waals surface area contributed by atoms with E-state index in [1.54, 1.807) is 6.07 Å². The molecule has 1 N–H and O–H groups in total. The fourth-order valence-corrected chi connectivity index (χ4v) is 4.33. The highest BCUT2D eigenvalue weighted by atomic mass is 16.5. The zero-order valence-corrected chi connectivity index (χ0v) is 16.3. The lowest BCUT2D eigenvalue weighted by molar-refractivity contribution is 0.0622. The summed E-state index contributed by atoms with van der Waals surface area (Å²) in [6.45, 7) is 3.74. The Bertz CT molecular complexity index is 768. The van der Waals surface area contributed by atoms with Gasteiger partial charge in [-0.25, -0.2) is 0 Å². The van der Waals surface area contributed by atoms with Crippen molar-refractivity contribution in [2.45, 2.75) is 44.8 Å². The largest absolute Gasteiger partial charge is 0.392 e. The standard InChI is InChI=1S/C22H29N3O3/c26-19-7-4-10-24(15-19)16-20-14-21(23-28-20)22(27)25-11-8-18(9-12-25)13-17-5-2-1-3-6-17/h1-3,5-6,14,18-19,26H,4,7-13,15-16H2/t19-/m0/s1. The highest BCUT2D eigenvalue weighted by Gasteiger charge is 2.26. The van der Waals surface area contributed by atoms with Gasteiger partial charge in [0.2, 0.25) is 0 Å². The Morgan fingerprint density at radius 3 is 2.68 bits per heavy atom. The van der Waals surface area contributed by atoms with Crippen molar-refractivity contribution in [2.24, 2.45) is 5.92 Å². The van der Waals surface area contributed by atoms with Gasteiger partial charge in [-0.3, -0.25) is 9.69 Å². The quantitative estimate of drug-likeness (QED) is 0.860. The second-order valence-electron chi connectivity index (χ2n) is 8.13. The van der Waals surface area contributed by atoms with E-state index in [4.69, 9.17) is 4.52 Å². The number of nitrogens with zero attached hydrogens (tertiary/aromatic N) is 3. The van der Waals surface area contributed by atoms with Gasteiger partial charge in [-0.1, -0.05) is 35.5 Å². The number of hydrogen-bond acceptors (Lipinski definition) is 5. The van der Waals surface area contributed by atoms with E-state index in [0.717, 1.165) is 51.7 Å². The Hall–Kier alpha value is -2.18. The molecular weight excluding hydrogens is 354 g/mol. The number of piperidine rings is 2. The van der Waals surface area contributed by atoms with Gasteiger partial charge >= 0.3 is 0 Å². The molecule has 150 valence electrons. The first-order valence-electron chi connectivity index (χ1n) is 10.4. The lowest BCUT2D eigenvalue weighted by Crippen LogP contribution is -2.39. The molecule has 1 amide bonds. The maximum atomic E-state index is 12.8. The minimum absolute atomic E-state index is 0.0353. The van der Waals surface area contributed by atoms with Crippen LogP contribution in [0.2, 0.25) is 0 Å². The van der Waals surface area contributed by atoms with Gasteiger partial charge in [0, 0.05) is 25.7 Å². The normalized spacial score (nSPS) is 21.8. The van der Waals surface area contributed by atoms with Crippen molar-refractivity contribution in [2.75, 3.05) is 26.2 Å². The van der Waals surface area contributed by atoms with Crippen LogP contribution in [0.25, 0.3) is 0 Å². The number of hydrogen-bond donors (Lipinski definition) is 1. The topological polar surface area (TPSA) is 69.8 Å². The first-order valence-corrected chi connectivity index (χ1v) is 10.4. The van der Waals surface area contributed by atoms with Gasteiger partial charge < -0.3 is 14.5 Å². The highest BCUT2D eigenvalue weighted by Crippen LogP contribution is 2.23. The zero-order chi connectivity index (χ0) is 19.3. The molecule has 0 aliphatic carbocycles. The van der Waals surface area contributed by atoms with Crippen LogP contribution in [0.4, 0.5) is 0 Å². The molecule has 0 bridgehead atoms. The molecule has 2 aliphatic heterocycles. The second-order valence-corrected chi connectivity index (χ2v) is 8.13. The van der Waals surface area contributed by atoms with E-state index in [0.29, 0.717) is 30.5 Å². The molecule has 0 unspecified atom stereocenters. The molecular formula is C22H29N3O3. The van der Waals surface area contributed by atoms with Gasteiger partial charge in [0.25, 0.3) is 5.91 Å². The number of aromatic nitrogens is 1. The number of likely N-dealkylation sites (tertiary alicyclic amines) is 2. The van der Waals surface area contributed by atoms with Crippen molar-refractivity contribution < 1.29 is 14.4 Å². The maximum absolute atomic E-state index is 12.8. The van der Waals surface area contributed by atoms with Crippen molar-refractivity contribution in [1.82, 2.24) is 15.0 Å². The molecule has 2 fully saturated rings. The molecule has 6 heteroatoms. The minimum Gasteiger partial charge on any atom is -0.392 e. The number of aliphatic hydroxyl groups is 1. The number of carbonyl (C=O) groups excluding carboxylic acids is 1. The van der Waals surface area contributed by atoms with Crippen LogP contribution in [-0.2, 0) is 13.0 Å². The van der Waals surface area contributed by atoms with E-state index in [1.807, 2.05) is 11.0 Å². The number of benzene rings is 1. The van der Waals surface area contributed by atoms with Gasteiger partial charge in [-0.2, -0.15) is 0 Å². The molecule has 3 heterocycles. The molecule has 0 radical (unpaired) electrons. The molecule has 1 atom stereocenters. The first-order chi connectivity index (χ1) is 13.7. The van der Waals surface area contributed by atoms with Crippen LogP contribution in [-0.4, -0.2) is 58.3 Å². The third-order valence-corrected chi connectivity index (χ3v) is 5.91. The van der Waals surface area contributed by atoms with Gasteiger partial charge in [-0.05, 0) is 50.1 Å². The number of β-amino-alcohol motifs (C(OH)–C–C–N with tert-alkyl or cyclic N) is 1. The predicted molar refractivity (Wildman–Crippen MR) is 106 cm³/mol. The summed E-state index contributed by atoms with van der Waals surface area (Å²) in [7, 11) is 0. The second kappa shape index (κ2) is 8.88. The average Bonchev–Trinajstić information content (AvgIpc) is 3.17. The third kappa shape index (κ3) is 4.80. The summed E-state index contributed by atoms with van der Waals surface area (Å²) in [6.07, 6.45) is 4.71. The maximum Gasteiger partial charge on any atom is 0.276 e. The van der Waals surface area contributed by atoms with Gasteiger partial charge in [0.15, 0.2) is 11.5 Å². The van der Waals surface area contributed by atoms with Crippen molar-refractivity contribution >= 4 is 5.91 Å². The van der Waals surface area contributed by atoms with E-state index in [1.165, 1.54) is 5.56 Å². The number of rotatable bonds is 5. The molecule has 2 aliphatic rings. The van der Waals surface area contributed by atoms with E-state index in [9.17, 15) is 9.90 Å². The predicted octanol–water partition coefficient (Wildman–Crippen LogP) is 2.73. The first kappa shape index (κ1) is 19.2. The number of amides is 1. The molecule has 2 saturated heterocycles. The van der Waals surface area contributed by atoms with Gasteiger partial charge in [0.1, 0.15) is 0 Å². The van der Waals surface area contributed by atoms with Gasteiger partial charge in [-0.15, -0.1) is 0 Å². The monoisotopic (exact) mass is 383 g/mol. The van der Waals surface area contributed by atoms with E-state index < -0.39 is 0 Å². The fraction of sp³-hybridized carbons (Fsp3) is 0.545. The van der Waals surface area contributed by atoms with Crippen molar-refractivity contribution in [1.29, 1.82) is 0 Å². The number of aliphatic hydroxyl groups excluding tert-OH is 1. The van der Waals surface area contributed by atoms with E-state index in [2.05, 4.69) is 34.3 Å². The van der Waals surface area contributed by atoms with E-state index in [-0.39, 0.29) is 12.0 Å². The fourth-order valence-electron chi connectivity index (χ4n) is 4.33. The summed E-state index contributed by atoms with van der Waals surface area (Å²) < 4.78 is 5.39. The van der Waals surface area contributed by atoms with Crippen LogP contribution in [0.15, 0.2) is 40.9 Å². The van der Waals surface area contributed by atoms with Crippen molar-refractivity contribution in [3.8, 4) is 0 Å². The average molecular weight is 383 g/mol. The number of carbonyl (C=O) groups is 1. The van der Waals surface area contributed by atoms with Crippen molar-refractivity contribution in [3.63, 3.8) is 0 Å². The summed E-state index contributed by atoms with van der Waals surface area (Å²) in [5, 5.41) is 13.8. The Morgan fingerprint density at radius 1 is 1.14 bits per heavy atom. The minimum atomic E-state index is -0.269. The zero-order valence-electron chi connectivity index (χ0n) is 16.3. The Balaban J connectivity index is 1.28. The van der Waals surface area contributed by atoms with Crippen LogP contribution < -0.4 is 0 Å². The molecule has 0 saturated carbocycles. The highest BCUT2D eigenvalue weighted by molar-refractivity contribution is 5.92. The van der Waals surface area contributed by atoms with Crippen LogP contribution in [0.5, 0.6) is 0 Å². The summed E-state index contributed by atoms with van der Waals surface area (Å²) in [6, 6.07) is 12.3. The lowest BCUT2D eigenvalue weighted by Gasteiger charge is -2.31. The SMILES string of the molecule is O=C(c1cc(CN2CCC[C@H](O)C2)on1)N1CCC(Cc2ccccc2)CC1. The Morgan fingerprint density at radius 2 is 1.93 bits per heavy atom. The Kier molecular flexibility index (Phi) is 6.07. The molecule has 0 spiro atoms. The lowest BCUT2D eigenvalue weighted by atomic mass is 9.90. The van der Waals surface area contributed by atoms with Crippen LogP contribution in [0.3, 0.4) is 0 Å². The third-order valence-electron chi connectivity index (χ3n) is 5.91. The summed E-state index contributed by atoms with van der Waals surface area (Å²) in [5.41, 5.74) is 1.77.